The number of aliphatic imine (C=N–C) groups is 1. The van der Waals surface area contributed by atoms with E-state index in [2.05, 4.69) is 43.7 Å². The number of hydrogen-bond acceptors (Lipinski definition) is 3. The molecule has 0 radical (unpaired) electrons. The molecule has 1 aromatic carbocycles. The van der Waals surface area contributed by atoms with E-state index in [1.54, 1.807) is 13.4 Å². The Bertz CT molecular complexity index is 582. The number of rotatable bonds is 8. The maximum absolute atomic E-state index is 5.33. The summed E-state index contributed by atoms with van der Waals surface area (Å²) in [6, 6.07) is 12.0. The minimum atomic E-state index is 0.621. The second kappa shape index (κ2) is 10.1. The molecule has 0 aliphatic rings. The van der Waals surface area contributed by atoms with Crippen molar-refractivity contribution in [2.45, 2.75) is 13.0 Å². The summed E-state index contributed by atoms with van der Waals surface area (Å²) in [6.45, 7) is 2.73. The predicted molar refractivity (Wildman–Crippen MR) is 95.6 cm³/mol. The standard InChI is InChI=1S/C17H22BrN3O2/c1-22-12-10-20-17(19-9-8-16-3-2-11-23-16)21-13-14-4-6-15(18)7-5-14/h2-7,11H,8-10,12-13H2,1H3,(H2,19,20,21). The molecule has 124 valence electrons. The zero-order valence-electron chi connectivity index (χ0n) is 13.2. The number of hydrogen-bond donors (Lipinski definition) is 2. The van der Waals surface area contributed by atoms with E-state index in [9.17, 15) is 0 Å². The van der Waals surface area contributed by atoms with Crippen LogP contribution >= 0.6 is 15.9 Å². The van der Waals surface area contributed by atoms with Gasteiger partial charge in [-0.25, -0.2) is 4.99 Å². The van der Waals surface area contributed by atoms with Crippen molar-refractivity contribution in [1.82, 2.24) is 10.6 Å². The number of guanidine groups is 1. The SMILES string of the molecule is COCCNC(=NCc1ccc(Br)cc1)NCCc1ccco1. The molecule has 5 nitrogen and oxygen atoms in total. The van der Waals surface area contributed by atoms with Crippen molar-refractivity contribution in [3.05, 3.63) is 58.5 Å². The first-order valence-corrected chi connectivity index (χ1v) is 8.35. The Morgan fingerprint density at radius 2 is 1.96 bits per heavy atom. The van der Waals surface area contributed by atoms with Crippen molar-refractivity contribution in [2.75, 3.05) is 26.8 Å². The van der Waals surface area contributed by atoms with Crippen molar-refractivity contribution >= 4 is 21.9 Å². The van der Waals surface area contributed by atoms with Crippen LogP contribution in [0.15, 0.2) is 56.5 Å². The second-order valence-corrected chi connectivity index (χ2v) is 5.88. The average molecular weight is 380 g/mol. The van der Waals surface area contributed by atoms with E-state index in [1.165, 1.54) is 0 Å². The number of ether oxygens (including phenoxy) is 1. The third-order valence-electron chi connectivity index (χ3n) is 3.18. The maximum atomic E-state index is 5.33. The summed E-state index contributed by atoms with van der Waals surface area (Å²) < 4.78 is 11.5. The van der Waals surface area contributed by atoms with Gasteiger partial charge in [-0.05, 0) is 29.8 Å². The molecule has 2 N–H and O–H groups in total. The molecule has 0 saturated carbocycles. The summed E-state index contributed by atoms with van der Waals surface area (Å²) in [5.41, 5.74) is 1.16. The van der Waals surface area contributed by atoms with Crippen molar-refractivity contribution in [3.63, 3.8) is 0 Å². The number of benzene rings is 1. The van der Waals surface area contributed by atoms with Gasteiger partial charge in [-0.3, -0.25) is 0 Å². The van der Waals surface area contributed by atoms with Gasteiger partial charge in [0.05, 0.1) is 19.4 Å². The first-order chi connectivity index (χ1) is 11.3. The van der Waals surface area contributed by atoms with Crippen molar-refractivity contribution in [2.24, 2.45) is 4.99 Å². The molecule has 0 saturated heterocycles. The first-order valence-electron chi connectivity index (χ1n) is 7.56. The largest absolute Gasteiger partial charge is 0.469 e. The first kappa shape index (κ1) is 17.6. The summed E-state index contributed by atoms with van der Waals surface area (Å²) in [6.07, 6.45) is 2.50. The maximum Gasteiger partial charge on any atom is 0.191 e. The zero-order chi connectivity index (χ0) is 16.3. The molecule has 1 aromatic heterocycles. The fourth-order valence-corrected chi connectivity index (χ4v) is 2.23. The molecule has 6 heteroatoms. The highest BCUT2D eigenvalue weighted by atomic mass is 79.9. The molecular weight excluding hydrogens is 358 g/mol. The van der Waals surface area contributed by atoms with E-state index in [0.29, 0.717) is 19.7 Å². The second-order valence-electron chi connectivity index (χ2n) is 4.97. The molecule has 1 heterocycles. The van der Waals surface area contributed by atoms with Crippen molar-refractivity contribution < 1.29 is 9.15 Å². The summed E-state index contributed by atoms with van der Waals surface area (Å²) in [7, 11) is 1.69. The number of nitrogens with one attached hydrogen (secondary N) is 2. The van der Waals surface area contributed by atoms with E-state index in [-0.39, 0.29) is 0 Å². The van der Waals surface area contributed by atoms with Gasteiger partial charge in [-0.2, -0.15) is 0 Å². The third-order valence-corrected chi connectivity index (χ3v) is 3.70. The lowest BCUT2D eigenvalue weighted by Gasteiger charge is -2.12. The van der Waals surface area contributed by atoms with Gasteiger partial charge in [0.2, 0.25) is 0 Å². The van der Waals surface area contributed by atoms with Crippen LogP contribution in [0.3, 0.4) is 0 Å². The Balaban J connectivity index is 1.86. The van der Waals surface area contributed by atoms with Gasteiger partial charge < -0.3 is 19.8 Å². The Morgan fingerprint density at radius 3 is 2.65 bits per heavy atom. The van der Waals surface area contributed by atoms with E-state index in [1.807, 2.05) is 24.3 Å². The Morgan fingerprint density at radius 1 is 1.17 bits per heavy atom. The Kier molecular flexibility index (Phi) is 7.69. The van der Waals surface area contributed by atoms with Crippen molar-refractivity contribution in [1.29, 1.82) is 0 Å². The van der Waals surface area contributed by atoms with Crippen LogP contribution in [0.2, 0.25) is 0 Å². The predicted octanol–water partition coefficient (Wildman–Crippen LogP) is 2.97. The van der Waals surface area contributed by atoms with E-state index >= 15 is 0 Å². The molecule has 0 unspecified atom stereocenters. The van der Waals surface area contributed by atoms with E-state index < -0.39 is 0 Å². The van der Waals surface area contributed by atoms with Gasteiger partial charge in [0.15, 0.2) is 5.96 Å². The van der Waals surface area contributed by atoms with Gasteiger partial charge in [-0.1, -0.05) is 28.1 Å². The summed E-state index contributed by atoms with van der Waals surface area (Å²) in [5, 5.41) is 6.57. The van der Waals surface area contributed by atoms with Gasteiger partial charge >= 0.3 is 0 Å². The number of furan rings is 1. The lowest BCUT2D eigenvalue weighted by atomic mass is 10.2. The Labute approximate surface area is 145 Å². The van der Waals surface area contributed by atoms with Crippen LogP contribution < -0.4 is 10.6 Å². The minimum Gasteiger partial charge on any atom is -0.469 e. The van der Waals surface area contributed by atoms with Crippen LogP contribution in [-0.4, -0.2) is 32.8 Å². The highest BCUT2D eigenvalue weighted by Crippen LogP contribution is 2.11. The fourth-order valence-electron chi connectivity index (χ4n) is 1.96. The smallest absolute Gasteiger partial charge is 0.191 e. The molecule has 0 atom stereocenters. The molecule has 2 rings (SSSR count). The molecule has 0 aliphatic heterocycles. The fraction of sp³-hybridized carbons (Fsp3) is 0.353. The molecular formula is C17H22BrN3O2. The molecule has 2 aromatic rings. The van der Waals surface area contributed by atoms with Gasteiger partial charge in [0, 0.05) is 31.1 Å². The quantitative estimate of drug-likeness (QED) is 0.420. The zero-order valence-corrected chi connectivity index (χ0v) is 14.8. The average Bonchev–Trinajstić information content (AvgIpc) is 3.07. The van der Waals surface area contributed by atoms with Crippen LogP contribution in [0.4, 0.5) is 0 Å². The summed E-state index contributed by atoms with van der Waals surface area (Å²) in [5.74, 6) is 1.73. The molecule has 0 fully saturated rings. The third kappa shape index (κ3) is 6.88. The highest BCUT2D eigenvalue weighted by Gasteiger charge is 2.00. The Hall–Kier alpha value is -1.79. The highest BCUT2D eigenvalue weighted by molar-refractivity contribution is 9.10. The lowest BCUT2D eigenvalue weighted by molar-refractivity contribution is 0.203. The summed E-state index contributed by atoms with van der Waals surface area (Å²) in [4.78, 5) is 4.61. The lowest BCUT2D eigenvalue weighted by Crippen LogP contribution is -2.40. The topological polar surface area (TPSA) is 58.8 Å². The van der Waals surface area contributed by atoms with Crippen molar-refractivity contribution in [3.8, 4) is 0 Å². The molecule has 0 spiro atoms. The number of methoxy groups -OCH3 is 1. The monoisotopic (exact) mass is 379 g/mol. The van der Waals surface area contributed by atoms with Gasteiger partial charge in [-0.15, -0.1) is 0 Å². The number of halogens is 1. The van der Waals surface area contributed by atoms with Crippen LogP contribution in [0.25, 0.3) is 0 Å². The number of nitrogens with zero attached hydrogens (tertiary/aromatic N) is 1. The molecule has 0 aliphatic carbocycles. The molecule has 0 bridgehead atoms. The van der Waals surface area contributed by atoms with E-state index in [0.717, 1.165) is 34.7 Å². The van der Waals surface area contributed by atoms with E-state index in [4.69, 9.17) is 9.15 Å². The van der Waals surface area contributed by atoms with Crippen LogP contribution in [0.5, 0.6) is 0 Å². The molecule has 0 amide bonds. The van der Waals surface area contributed by atoms with Crippen LogP contribution in [0.1, 0.15) is 11.3 Å². The van der Waals surface area contributed by atoms with Crippen LogP contribution in [0, 0.1) is 0 Å². The normalized spacial score (nSPS) is 11.5. The van der Waals surface area contributed by atoms with Crippen LogP contribution in [-0.2, 0) is 17.7 Å². The molecule has 23 heavy (non-hydrogen) atoms. The van der Waals surface area contributed by atoms with Gasteiger partial charge in [0.1, 0.15) is 5.76 Å². The van der Waals surface area contributed by atoms with Gasteiger partial charge in [0.25, 0.3) is 0 Å². The minimum absolute atomic E-state index is 0.621. The summed E-state index contributed by atoms with van der Waals surface area (Å²) >= 11 is 3.44.